The number of rotatable bonds is 4. The molecule has 0 radical (unpaired) electrons. The SMILES string of the molecule is Cc1cc(NC(=O)CN2C(=O)NC3(CCc4ccccc4C3)C2=O)n(-c2ccccc2F)n1. The quantitative estimate of drug-likeness (QED) is 0.601. The lowest BCUT2D eigenvalue weighted by atomic mass is 9.78. The van der Waals surface area contributed by atoms with Gasteiger partial charge in [-0.05, 0) is 43.0 Å². The van der Waals surface area contributed by atoms with Gasteiger partial charge < -0.3 is 10.6 Å². The van der Waals surface area contributed by atoms with Crippen molar-refractivity contribution in [2.24, 2.45) is 0 Å². The summed E-state index contributed by atoms with van der Waals surface area (Å²) in [4.78, 5) is 39.6. The van der Waals surface area contributed by atoms with Crippen LogP contribution in [0.5, 0.6) is 0 Å². The van der Waals surface area contributed by atoms with Crippen molar-refractivity contribution in [3.63, 3.8) is 0 Å². The van der Waals surface area contributed by atoms with Crippen molar-refractivity contribution in [1.82, 2.24) is 20.0 Å². The summed E-state index contributed by atoms with van der Waals surface area (Å²) in [5, 5.41) is 9.72. The van der Waals surface area contributed by atoms with Crippen molar-refractivity contribution in [3.8, 4) is 5.69 Å². The highest BCUT2D eigenvalue weighted by atomic mass is 19.1. The van der Waals surface area contributed by atoms with E-state index in [2.05, 4.69) is 15.7 Å². The molecular formula is C24H22FN5O3. The fourth-order valence-electron chi connectivity index (χ4n) is 4.57. The standard InChI is InChI=1S/C24H22FN5O3/c1-15-12-20(30(28-15)19-9-5-4-8-18(19)25)26-21(31)14-29-22(32)24(27-23(29)33)11-10-16-6-2-3-7-17(16)13-24/h2-9,12H,10-11,13-14H2,1H3,(H,26,31)(H,27,33). The number of halogens is 1. The lowest BCUT2D eigenvalue weighted by molar-refractivity contribution is -0.134. The largest absolute Gasteiger partial charge is 0.325 e. The molecule has 4 amide bonds. The van der Waals surface area contributed by atoms with E-state index in [-0.39, 0.29) is 11.5 Å². The predicted octanol–water partition coefficient (Wildman–Crippen LogP) is 2.74. The minimum atomic E-state index is -1.03. The molecule has 1 fully saturated rings. The first-order valence-electron chi connectivity index (χ1n) is 10.7. The summed E-state index contributed by atoms with van der Waals surface area (Å²) in [6.07, 6.45) is 1.54. The van der Waals surface area contributed by atoms with Gasteiger partial charge in [0.05, 0.1) is 5.69 Å². The molecule has 0 bridgehead atoms. The summed E-state index contributed by atoms with van der Waals surface area (Å²) in [5.74, 6) is -1.24. The van der Waals surface area contributed by atoms with E-state index in [9.17, 15) is 18.8 Å². The Balaban J connectivity index is 1.33. The van der Waals surface area contributed by atoms with Crippen LogP contribution in [0.25, 0.3) is 5.69 Å². The zero-order valence-corrected chi connectivity index (χ0v) is 18.0. The van der Waals surface area contributed by atoms with Crippen LogP contribution in [0.4, 0.5) is 15.0 Å². The van der Waals surface area contributed by atoms with E-state index in [0.717, 1.165) is 16.0 Å². The molecule has 1 saturated heterocycles. The summed E-state index contributed by atoms with van der Waals surface area (Å²) in [5.41, 5.74) is 1.90. The number of nitrogens with zero attached hydrogens (tertiary/aromatic N) is 3. The Morgan fingerprint density at radius 1 is 1.15 bits per heavy atom. The third-order valence-electron chi connectivity index (χ3n) is 6.16. The van der Waals surface area contributed by atoms with Crippen molar-refractivity contribution < 1.29 is 18.8 Å². The smallest absolute Gasteiger partial charge is 0.323 e. The van der Waals surface area contributed by atoms with E-state index < -0.39 is 35.7 Å². The molecule has 2 N–H and O–H groups in total. The van der Waals surface area contributed by atoms with E-state index in [1.165, 1.54) is 10.7 Å². The topological polar surface area (TPSA) is 96.3 Å². The highest BCUT2D eigenvalue weighted by Crippen LogP contribution is 2.33. The molecule has 1 aromatic heterocycles. The van der Waals surface area contributed by atoms with Gasteiger partial charge in [0.2, 0.25) is 5.91 Å². The molecule has 1 atom stereocenters. The number of anilines is 1. The first kappa shape index (κ1) is 20.9. The number of imide groups is 1. The maximum Gasteiger partial charge on any atom is 0.325 e. The summed E-state index contributed by atoms with van der Waals surface area (Å²) >= 11 is 0. The van der Waals surface area contributed by atoms with Crippen LogP contribution in [-0.4, -0.2) is 44.6 Å². The van der Waals surface area contributed by atoms with E-state index >= 15 is 0 Å². The fourth-order valence-corrected chi connectivity index (χ4v) is 4.57. The van der Waals surface area contributed by atoms with Crippen LogP contribution < -0.4 is 10.6 Å². The summed E-state index contributed by atoms with van der Waals surface area (Å²) in [6.45, 7) is 1.27. The van der Waals surface area contributed by atoms with Gasteiger partial charge in [0.15, 0.2) is 0 Å². The van der Waals surface area contributed by atoms with Gasteiger partial charge in [0, 0.05) is 12.5 Å². The Hall–Kier alpha value is -4.01. The molecule has 3 aromatic rings. The molecule has 0 saturated carbocycles. The average molecular weight is 447 g/mol. The van der Waals surface area contributed by atoms with Gasteiger partial charge in [-0.1, -0.05) is 36.4 Å². The normalized spacial score (nSPS) is 19.5. The Morgan fingerprint density at radius 3 is 2.67 bits per heavy atom. The molecule has 9 heteroatoms. The Bertz CT molecular complexity index is 1290. The van der Waals surface area contributed by atoms with Gasteiger partial charge in [0.1, 0.15) is 29.4 Å². The first-order chi connectivity index (χ1) is 15.9. The molecule has 5 rings (SSSR count). The lowest BCUT2D eigenvalue weighted by Crippen LogP contribution is -2.51. The molecular weight excluding hydrogens is 425 g/mol. The van der Waals surface area contributed by atoms with E-state index in [0.29, 0.717) is 25.0 Å². The molecule has 1 unspecified atom stereocenters. The Labute approximate surface area is 189 Å². The molecule has 1 spiro atoms. The maximum absolute atomic E-state index is 14.3. The second-order valence-electron chi connectivity index (χ2n) is 8.43. The molecule has 2 aromatic carbocycles. The zero-order valence-electron chi connectivity index (χ0n) is 18.0. The molecule has 2 aliphatic rings. The number of hydrogen-bond acceptors (Lipinski definition) is 4. The van der Waals surface area contributed by atoms with Crippen molar-refractivity contribution >= 4 is 23.7 Å². The van der Waals surface area contributed by atoms with Gasteiger partial charge in [-0.2, -0.15) is 5.10 Å². The van der Waals surface area contributed by atoms with E-state index in [1.807, 2.05) is 24.3 Å². The number of urea groups is 1. The predicted molar refractivity (Wildman–Crippen MR) is 118 cm³/mol. The van der Waals surface area contributed by atoms with Crippen molar-refractivity contribution in [3.05, 3.63) is 77.2 Å². The highest BCUT2D eigenvalue weighted by Gasteiger charge is 2.52. The van der Waals surface area contributed by atoms with Crippen LogP contribution in [-0.2, 0) is 22.4 Å². The van der Waals surface area contributed by atoms with Crippen molar-refractivity contribution in [2.75, 3.05) is 11.9 Å². The molecule has 33 heavy (non-hydrogen) atoms. The van der Waals surface area contributed by atoms with Crippen LogP contribution in [0.1, 0.15) is 23.2 Å². The van der Waals surface area contributed by atoms with Crippen molar-refractivity contribution in [1.29, 1.82) is 0 Å². The number of aryl methyl sites for hydroxylation is 2. The third-order valence-corrected chi connectivity index (χ3v) is 6.16. The molecule has 2 heterocycles. The van der Waals surface area contributed by atoms with E-state index in [1.54, 1.807) is 31.2 Å². The fraction of sp³-hybridized carbons (Fsp3) is 0.250. The van der Waals surface area contributed by atoms with Crippen LogP contribution in [0.15, 0.2) is 54.6 Å². The number of carbonyl (C=O) groups is 3. The van der Waals surface area contributed by atoms with Crippen LogP contribution in [0.3, 0.4) is 0 Å². The van der Waals surface area contributed by atoms with Gasteiger partial charge in [-0.15, -0.1) is 0 Å². The zero-order chi connectivity index (χ0) is 23.2. The monoisotopic (exact) mass is 447 g/mol. The van der Waals surface area contributed by atoms with E-state index in [4.69, 9.17) is 0 Å². The third kappa shape index (κ3) is 3.65. The van der Waals surface area contributed by atoms with Crippen molar-refractivity contribution in [2.45, 2.75) is 31.7 Å². The van der Waals surface area contributed by atoms with Gasteiger partial charge in [-0.25, -0.2) is 13.9 Å². The number of amides is 4. The number of para-hydroxylation sites is 1. The first-order valence-corrected chi connectivity index (χ1v) is 10.7. The number of aromatic nitrogens is 2. The summed E-state index contributed by atoms with van der Waals surface area (Å²) in [7, 11) is 0. The lowest BCUT2D eigenvalue weighted by Gasteiger charge is -2.32. The number of carbonyl (C=O) groups excluding carboxylic acids is 3. The molecule has 1 aliphatic heterocycles. The maximum atomic E-state index is 14.3. The Morgan fingerprint density at radius 2 is 1.88 bits per heavy atom. The molecule has 1 aliphatic carbocycles. The summed E-state index contributed by atoms with van der Waals surface area (Å²) < 4.78 is 15.5. The molecule has 168 valence electrons. The van der Waals surface area contributed by atoms with Crippen LogP contribution in [0, 0.1) is 12.7 Å². The molecule has 8 nitrogen and oxygen atoms in total. The van der Waals surface area contributed by atoms with Crippen LogP contribution in [0.2, 0.25) is 0 Å². The second-order valence-corrected chi connectivity index (χ2v) is 8.43. The number of benzene rings is 2. The summed E-state index contributed by atoms with van der Waals surface area (Å²) in [6, 6.07) is 14.9. The Kier molecular flexibility index (Phi) is 4.96. The number of nitrogens with one attached hydrogen (secondary N) is 2. The number of hydrogen-bond donors (Lipinski definition) is 2. The van der Waals surface area contributed by atoms with Gasteiger partial charge >= 0.3 is 6.03 Å². The second kappa shape index (κ2) is 7.84. The van der Waals surface area contributed by atoms with Gasteiger partial charge in [-0.3, -0.25) is 14.5 Å². The number of fused-ring (bicyclic) bond motifs is 1. The minimum Gasteiger partial charge on any atom is -0.323 e. The highest BCUT2D eigenvalue weighted by molar-refractivity contribution is 6.10. The van der Waals surface area contributed by atoms with Gasteiger partial charge in [0.25, 0.3) is 5.91 Å². The average Bonchev–Trinajstić information content (AvgIpc) is 3.26. The van der Waals surface area contributed by atoms with Crippen LogP contribution >= 0.6 is 0 Å². The minimum absolute atomic E-state index is 0.177.